The van der Waals surface area contributed by atoms with E-state index in [0.29, 0.717) is 24.2 Å². The van der Waals surface area contributed by atoms with Crippen molar-refractivity contribution in [2.75, 3.05) is 13.1 Å². The maximum Gasteiger partial charge on any atom is 0.134 e. The van der Waals surface area contributed by atoms with Crippen LogP contribution in [0.4, 0.5) is 4.39 Å². The molecular formula is C15H17FN2O. The molecule has 2 rings (SSSR count). The molecule has 0 amide bonds. The predicted molar refractivity (Wildman–Crippen MR) is 69.8 cm³/mol. The Bertz CT molecular complexity index is 521. The van der Waals surface area contributed by atoms with Crippen LogP contribution in [-0.2, 0) is 11.3 Å². The number of carbonyl (C=O) groups is 1. The van der Waals surface area contributed by atoms with E-state index < -0.39 is 0 Å². The maximum atomic E-state index is 13.8. The number of likely N-dealkylation sites (tertiary alicyclic amines) is 1. The highest BCUT2D eigenvalue weighted by Crippen LogP contribution is 2.20. The summed E-state index contributed by atoms with van der Waals surface area (Å²) in [5.74, 6) is -0.0517. The lowest BCUT2D eigenvalue weighted by Crippen LogP contribution is -2.37. The fourth-order valence-electron chi connectivity index (χ4n) is 2.52. The van der Waals surface area contributed by atoms with Gasteiger partial charge in [-0.25, -0.2) is 4.39 Å². The molecular weight excluding hydrogens is 243 g/mol. The van der Waals surface area contributed by atoms with E-state index >= 15 is 0 Å². The number of hydrogen-bond donors (Lipinski definition) is 0. The first-order valence-electron chi connectivity index (χ1n) is 6.51. The highest BCUT2D eigenvalue weighted by Gasteiger charge is 2.23. The Morgan fingerprint density at radius 3 is 3.00 bits per heavy atom. The molecule has 0 radical (unpaired) electrons. The molecule has 1 aliphatic rings. The van der Waals surface area contributed by atoms with Crippen LogP contribution in [0.3, 0.4) is 0 Å². The molecule has 0 aromatic heterocycles. The molecule has 1 fully saturated rings. The molecule has 19 heavy (non-hydrogen) atoms. The quantitative estimate of drug-likeness (QED) is 0.838. The van der Waals surface area contributed by atoms with Crippen LogP contribution in [0.1, 0.15) is 30.9 Å². The molecule has 3 nitrogen and oxygen atoms in total. The zero-order valence-electron chi connectivity index (χ0n) is 11.0. The summed E-state index contributed by atoms with van der Waals surface area (Å²) in [6, 6.07) is 6.48. The summed E-state index contributed by atoms with van der Waals surface area (Å²) in [6.45, 7) is 3.72. The topological polar surface area (TPSA) is 44.1 Å². The number of ketones is 1. The third-order valence-corrected chi connectivity index (χ3v) is 3.66. The van der Waals surface area contributed by atoms with Crippen molar-refractivity contribution in [2.24, 2.45) is 5.92 Å². The molecule has 1 unspecified atom stereocenters. The molecule has 0 spiro atoms. The molecule has 1 saturated heterocycles. The Kier molecular flexibility index (Phi) is 4.28. The fourth-order valence-corrected chi connectivity index (χ4v) is 2.52. The van der Waals surface area contributed by atoms with Crippen LogP contribution in [0.15, 0.2) is 18.2 Å². The number of nitriles is 1. The molecule has 1 heterocycles. The molecule has 1 aromatic carbocycles. The summed E-state index contributed by atoms with van der Waals surface area (Å²) >= 11 is 0. The molecule has 1 aliphatic heterocycles. The van der Waals surface area contributed by atoms with Crippen LogP contribution in [0.2, 0.25) is 0 Å². The van der Waals surface area contributed by atoms with Gasteiger partial charge in [-0.2, -0.15) is 5.26 Å². The Hall–Kier alpha value is -1.73. The van der Waals surface area contributed by atoms with Gasteiger partial charge in [0.15, 0.2) is 0 Å². The molecule has 0 aliphatic carbocycles. The minimum absolute atomic E-state index is 0.0789. The lowest BCUT2D eigenvalue weighted by atomic mass is 9.94. The molecule has 1 aromatic rings. The van der Waals surface area contributed by atoms with Crippen molar-refractivity contribution >= 4 is 5.78 Å². The number of hydrogen-bond acceptors (Lipinski definition) is 3. The standard InChI is InChI=1S/C15H17FN2O/c1-11(19)13-3-2-6-18(9-13)10-14-5-4-12(8-17)7-15(14)16/h4-5,7,13H,2-3,6,9-10H2,1H3. The summed E-state index contributed by atoms with van der Waals surface area (Å²) < 4.78 is 13.8. The predicted octanol–water partition coefficient (Wildman–Crippen LogP) is 2.50. The van der Waals surface area contributed by atoms with E-state index in [1.807, 2.05) is 6.07 Å². The highest BCUT2D eigenvalue weighted by molar-refractivity contribution is 5.78. The highest BCUT2D eigenvalue weighted by atomic mass is 19.1. The first-order valence-corrected chi connectivity index (χ1v) is 6.51. The molecule has 1 atom stereocenters. The Morgan fingerprint density at radius 2 is 2.37 bits per heavy atom. The summed E-state index contributed by atoms with van der Waals surface area (Å²) in [4.78, 5) is 13.5. The van der Waals surface area contributed by atoms with E-state index in [-0.39, 0.29) is 17.5 Å². The number of benzene rings is 1. The number of halogens is 1. The minimum Gasteiger partial charge on any atom is -0.300 e. The Morgan fingerprint density at radius 1 is 1.58 bits per heavy atom. The monoisotopic (exact) mass is 260 g/mol. The van der Waals surface area contributed by atoms with Crippen molar-refractivity contribution in [3.8, 4) is 6.07 Å². The molecule has 100 valence electrons. The van der Waals surface area contributed by atoms with Gasteiger partial charge in [-0.1, -0.05) is 6.07 Å². The van der Waals surface area contributed by atoms with Gasteiger partial charge in [0.05, 0.1) is 11.6 Å². The van der Waals surface area contributed by atoms with E-state index in [4.69, 9.17) is 5.26 Å². The second kappa shape index (κ2) is 5.94. The zero-order chi connectivity index (χ0) is 13.8. The van der Waals surface area contributed by atoms with Gasteiger partial charge in [-0.3, -0.25) is 9.69 Å². The van der Waals surface area contributed by atoms with Crippen molar-refractivity contribution < 1.29 is 9.18 Å². The zero-order valence-corrected chi connectivity index (χ0v) is 11.0. The van der Waals surface area contributed by atoms with E-state index in [1.54, 1.807) is 19.1 Å². The smallest absolute Gasteiger partial charge is 0.134 e. The molecule has 0 N–H and O–H groups in total. The molecule has 4 heteroatoms. The van der Waals surface area contributed by atoms with Crippen LogP contribution < -0.4 is 0 Å². The van der Waals surface area contributed by atoms with Crippen molar-refractivity contribution in [1.29, 1.82) is 5.26 Å². The second-order valence-corrected chi connectivity index (χ2v) is 5.10. The lowest BCUT2D eigenvalue weighted by molar-refractivity contribution is -0.122. The number of carbonyl (C=O) groups excluding carboxylic acids is 1. The largest absolute Gasteiger partial charge is 0.300 e. The van der Waals surface area contributed by atoms with E-state index in [9.17, 15) is 9.18 Å². The summed E-state index contributed by atoms with van der Waals surface area (Å²) in [7, 11) is 0. The van der Waals surface area contributed by atoms with Crippen LogP contribution in [0.5, 0.6) is 0 Å². The lowest BCUT2D eigenvalue weighted by Gasteiger charge is -2.31. The Balaban J connectivity index is 2.05. The number of Topliss-reactive ketones (excluding diaryl/α,β-unsaturated/α-hetero) is 1. The fraction of sp³-hybridized carbons (Fsp3) is 0.467. The Labute approximate surface area is 112 Å². The van der Waals surface area contributed by atoms with Crippen LogP contribution in [0.25, 0.3) is 0 Å². The van der Waals surface area contributed by atoms with E-state index in [1.165, 1.54) is 6.07 Å². The average Bonchev–Trinajstić information content (AvgIpc) is 2.41. The summed E-state index contributed by atoms with van der Waals surface area (Å²) in [5.41, 5.74) is 0.921. The molecule has 0 saturated carbocycles. The SMILES string of the molecule is CC(=O)C1CCCN(Cc2ccc(C#N)cc2F)C1. The van der Waals surface area contributed by atoms with Gasteiger partial charge in [-0.15, -0.1) is 0 Å². The summed E-state index contributed by atoms with van der Waals surface area (Å²) in [5, 5.41) is 8.71. The van der Waals surface area contributed by atoms with Gasteiger partial charge in [0.1, 0.15) is 11.6 Å². The maximum absolute atomic E-state index is 13.8. The minimum atomic E-state index is -0.344. The first-order chi connectivity index (χ1) is 9.10. The van der Waals surface area contributed by atoms with Gasteiger partial charge < -0.3 is 0 Å². The van der Waals surface area contributed by atoms with E-state index in [0.717, 1.165) is 19.4 Å². The normalized spacial score (nSPS) is 19.9. The van der Waals surface area contributed by atoms with Crippen LogP contribution in [-0.4, -0.2) is 23.8 Å². The van der Waals surface area contributed by atoms with Crippen LogP contribution >= 0.6 is 0 Å². The van der Waals surface area contributed by atoms with Crippen molar-refractivity contribution in [3.63, 3.8) is 0 Å². The third-order valence-electron chi connectivity index (χ3n) is 3.66. The van der Waals surface area contributed by atoms with Gasteiger partial charge in [0, 0.05) is 24.6 Å². The summed E-state index contributed by atoms with van der Waals surface area (Å²) in [6.07, 6.45) is 1.91. The van der Waals surface area contributed by atoms with Gasteiger partial charge >= 0.3 is 0 Å². The first kappa shape index (κ1) is 13.7. The third kappa shape index (κ3) is 3.39. The average molecular weight is 260 g/mol. The van der Waals surface area contributed by atoms with E-state index in [2.05, 4.69) is 4.90 Å². The van der Waals surface area contributed by atoms with Gasteiger partial charge in [-0.05, 0) is 38.4 Å². The van der Waals surface area contributed by atoms with Crippen molar-refractivity contribution in [1.82, 2.24) is 4.90 Å². The van der Waals surface area contributed by atoms with Crippen molar-refractivity contribution in [2.45, 2.75) is 26.3 Å². The second-order valence-electron chi connectivity index (χ2n) is 5.10. The number of rotatable bonds is 3. The van der Waals surface area contributed by atoms with Crippen LogP contribution in [0, 0.1) is 23.1 Å². The van der Waals surface area contributed by atoms with Crippen molar-refractivity contribution in [3.05, 3.63) is 35.1 Å². The number of nitrogens with zero attached hydrogens (tertiary/aromatic N) is 2. The molecule has 0 bridgehead atoms. The van der Waals surface area contributed by atoms with Gasteiger partial charge in [0.2, 0.25) is 0 Å². The van der Waals surface area contributed by atoms with Gasteiger partial charge in [0.25, 0.3) is 0 Å². The number of piperidine rings is 1.